The van der Waals surface area contributed by atoms with Crippen molar-refractivity contribution in [2.45, 2.75) is 114 Å². The Labute approximate surface area is 230 Å². The Morgan fingerprint density at radius 1 is 0.974 bits per heavy atom. The minimum atomic E-state index is -0.992. The zero-order valence-electron chi connectivity index (χ0n) is 23.2. The lowest BCUT2D eigenvalue weighted by atomic mass is 10.0. The highest BCUT2D eigenvalue weighted by Crippen LogP contribution is 2.34. The molecule has 0 spiro atoms. The number of nitrogens with two attached hydrogens (primary N) is 2. The van der Waals surface area contributed by atoms with Crippen LogP contribution in [-0.4, -0.2) is 74.3 Å². The first-order chi connectivity index (χ1) is 19.0. The second-order valence-corrected chi connectivity index (χ2v) is 10.3. The first-order valence-electron chi connectivity index (χ1n) is 14.3. The molecule has 4 atom stereocenters. The second-order valence-electron chi connectivity index (χ2n) is 10.3. The number of hydrogen-bond acceptors (Lipinski definition) is 11. The predicted molar refractivity (Wildman–Crippen MR) is 148 cm³/mol. The van der Waals surface area contributed by atoms with E-state index in [9.17, 15) is 15.0 Å². The lowest BCUT2D eigenvalue weighted by Gasteiger charge is -2.22. The normalized spacial score (nSPS) is 21.1. The highest BCUT2D eigenvalue weighted by Gasteiger charge is 2.45. The molecule has 1 aliphatic rings. The monoisotopic (exact) mass is 550 g/mol. The third kappa shape index (κ3) is 9.26. The van der Waals surface area contributed by atoms with Crippen LogP contribution in [0.4, 0.5) is 11.8 Å². The molecule has 6 N–H and O–H groups in total. The van der Waals surface area contributed by atoms with Gasteiger partial charge in [0.15, 0.2) is 17.7 Å². The number of aromatic nitrogens is 4. The number of esters is 1. The molecule has 2 aromatic heterocycles. The number of carbonyl (C=O) groups excluding carboxylic acids is 1. The number of imidazole rings is 1. The summed E-state index contributed by atoms with van der Waals surface area (Å²) in [5, 5.41) is 20.4. The zero-order valence-corrected chi connectivity index (χ0v) is 23.2. The van der Waals surface area contributed by atoms with E-state index in [1.165, 1.54) is 64.8 Å². The van der Waals surface area contributed by atoms with Crippen LogP contribution in [0.5, 0.6) is 0 Å². The van der Waals surface area contributed by atoms with Crippen molar-refractivity contribution >= 4 is 28.9 Å². The third-order valence-electron chi connectivity index (χ3n) is 7.30. The number of ether oxygens (including phenoxy) is 3. The predicted octanol–water partition coefficient (Wildman–Crippen LogP) is 3.26. The van der Waals surface area contributed by atoms with Crippen molar-refractivity contribution in [2.24, 2.45) is 0 Å². The molecule has 39 heavy (non-hydrogen) atoms. The van der Waals surface area contributed by atoms with E-state index in [2.05, 4.69) is 19.7 Å². The molecule has 0 saturated carbocycles. The fourth-order valence-electron chi connectivity index (χ4n) is 5.05. The number of anilines is 2. The molecule has 0 aromatic carbocycles. The maximum absolute atomic E-state index is 11.1. The maximum Gasteiger partial charge on any atom is 0.305 e. The molecule has 0 aliphatic carbocycles. The van der Waals surface area contributed by atoms with Gasteiger partial charge in [-0.25, -0.2) is 4.98 Å². The van der Waals surface area contributed by atoms with Crippen LogP contribution in [0.15, 0.2) is 6.33 Å². The van der Waals surface area contributed by atoms with E-state index >= 15 is 0 Å². The van der Waals surface area contributed by atoms with Gasteiger partial charge in [0.25, 0.3) is 0 Å². The summed E-state index contributed by atoms with van der Waals surface area (Å²) in [6.07, 6.45) is 14.0. The molecular weight excluding hydrogens is 504 g/mol. The van der Waals surface area contributed by atoms with Crippen molar-refractivity contribution < 1.29 is 29.2 Å². The average molecular weight is 551 g/mol. The molecule has 1 saturated heterocycles. The van der Waals surface area contributed by atoms with Crippen LogP contribution >= 0.6 is 0 Å². The number of aliphatic hydroxyl groups is 2. The van der Waals surface area contributed by atoms with Crippen molar-refractivity contribution in [3.8, 4) is 0 Å². The van der Waals surface area contributed by atoms with Gasteiger partial charge < -0.3 is 35.9 Å². The average Bonchev–Trinajstić information content (AvgIpc) is 3.48. The molecule has 1 fully saturated rings. The van der Waals surface area contributed by atoms with E-state index in [-0.39, 0.29) is 24.3 Å². The Kier molecular flexibility index (Phi) is 13.1. The van der Waals surface area contributed by atoms with Crippen LogP contribution in [-0.2, 0) is 19.0 Å². The van der Waals surface area contributed by atoms with Crippen molar-refractivity contribution in [2.75, 3.05) is 31.8 Å². The van der Waals surface area contributed by atoms with Gasteiger partial charge in [-0.3, -0.25) is 9.36 Å². The van der Waals surface area contributed by atoms with Crippen molar-refractivity contribution in [1.82, 2.24) is 19.5 Å². The highest BCUT2D eigenvalue weighted by molar-refractivity contribution is 5.82. The van der Waals surface area contributed by atoms with Gasteiger partial charge in [0, 0.05) is 13.0 Å². The summed E-state index contributed by atoms with van der Waals surface area (Å²) in [6.45, 7) is 0.145. The first kappa shape index (κ1) is 31.0. The van der Waals surface area contributed by atoms with E-state index in [1.807, 2.05) is 0 Å². The molecule has 220 valence electrons. The van der Waals surface area contributed by atoms with E-state index in [0.29, 0.717) is 24.2 Å². The Hall–Kier alpha value is -2.54. The molecule has 3 rings (SSSR count). The van der Waals surface area contributed by atoms with Gasteiger partial charge in [0.1, 0.15) is 23.8 Å². The number of nitrogen functional groups attached to an aromatic ring is 2. The molecule has 12 nitrogen and oxygen atoms in total. The molecule has 2 aromatic rings. The van der Waals surface area contributed by atoms with Gasteiger partial charge in [-0.2, -0.15) is 9.97 Å². The lowest BCUT2D eigenvalue weighted by Crippen LogP contribution is -2.35. The van der Waals surface area contributed by atoms with Crippen molar-refractivity contribution in [3.05, 3.63) is 6.33 Å². The molecule has 1 aliphatic heterocycles. The number of rotatable bonds is 19. The number of carbonyl (C=O) groups is 1. The summed E-state index contributed by atoms with van der Waals surface area (Å²) >= 11 is 0. The zero-order chi connectivity index (χ0) is 28.0. The Morgan fingerprint density at radius 3 is 2.15 bits per heavy atom. The van der Waals surface area contributed by atoms with Gasteiger partial charge in [0.2, 0.25) is 5.95 Å². The van der Waals surface area contributed by atoms with E-state index in [4.69, 9.17) is 20.9 Å². The number of nitrogens with zero attached hydrogens (tertiary/aromatic N) is 4. The largest absolute Gasteiger partial charge is 0.469 e. The lowest BCUT2D eigenvalue weighted by molar-refractivity contribution is -0.140. The standard InChI is InChI=1S/C27H46N6O6/c1-37-20(35)15-13-11-9-7-5-3-2-4-6-8-10-12-14-16-38-23-22(36)19(17-34)39-26(23)33-18-30-21-24(28)31-27(29)32-25(21)33/h18-19,22-23,26,34,36H,2-17H2,1H3,(H4,28,29,31,32)/t19-,22?,23+,26-/m1/s1. The number of unbranched alkanes of at least 4 members (excludes halogenated alkanes) is 12. The fraction of sp³-hybridized carbons (Fsp3) is 0.778. The summed E-state index contributed by atoms with van der Waals surface area (Å²) in [6, 6.07) is 0. The SMILES string of the molecule is COC(=O)CCCCCCCCCCCCCCCO[C@H]1C(O)[C@@H](CO)O[C@H]1n1cnc2c(N)nc(N)nc21. The quantitative estimate of drug-likeness (QED) is 0.149. The van der Waals surface area contributed by atoms with Gasteiger partial charge in [0.05, 0.1) is 20.0 Å². The summed E-state index contributed by atoms with van der Waals surface area (Å²) in [5.41, 5.74) is 12.5. The number of methoxy groups -OCH3 is 1. The minimum Gasteiger partial charge on any atom is -0.469 e. The van der Waals surface area contributed by atoms with Crippen LogP contribution in [0.3, 0.4) is 0 Å². The molecular formula is C27H46N6O6. The van der Waals surface area contributed by atoms with E-state index in [1.54, 1.807) is 4.57 Å². The van der Waals surface area contributed by atoms with Gasteiger partial charge in [-0.05, 0) is 12.8 Å². The molecule has 0 amide bonds. The molecule has 1 unspecified atom stereocenters. The Bertz CT molecular complexity index is 1000. The van der Waals surface area contributed by atoms with Gasteiger partial charge in [-0.1, -0.05) is 70.6 Å². The summed E-state index contributed by atoms with van der Waals surface area (Å²) in [4.78, 5) is 23.5. The maximum atomic E-state index is 11.1. The Balaban J connectivity index is 1.27. The van der Waals surface area contributed by atoms with Crippen molar-refractivity contribution in [1.29, 1.82) is 0 Å². The van der Waals surface area contributed by atoms with Crippen LogP contribution in [0, 0.1) is 0 Å². The number of hydrogen-bond donors (Lipinski definition) is 4. The smallest absolute Gasteiger partial charge is 0.305 e. The minimum absolute atomic E-state index is 0.0144. The summed E-state index contributed by atoms with van der Waals surface area (Å²) in [5.74, 6) is 0.0677. The second kappa shape index (κ2) is 16.5. The topological polar surface area (TPSA) is 181 Å². The van der Waals surface area contributed by atoms with Crippen LogP contribution in [0.2, 0.25) is 0 Å². The number of fused-ring (bicyclic) bond motifs is 1. The molecule has 0 bridgehead atoms. The third-order valence-corrected chi connectivity index (χ3v) is 7.30. The fourth-order valence-corrected chi connectivity index (χ4v) is 5.05. The number of aliphatic hydroxyl groups excluding tert-OH is 2. The van der Waals surface area contributed by atoms with Gasteiger partial charge >= 0.3 is 5.97 Å². The first-order valence-corrected chi connectivity index (χ1v) is 14.3. The van der Waals surface area contributed by atoms with E-state index in [0.717, 1.165) is 32.1 Å². The molecule has 0 radical (unpaired) electrons. The Morgan fingerprint density at radius 2 is 1.56 bits per heavy atom. The summed E-state index contributed by atoms with van der Waals surface area (Å²) in [7, 11) is 1.44. The van der Waals surface area contributed by atoms with Crippen LogP contribution < -0.4 is 11.5 Å². The van der Waals surface area contributed by atoms with E-state index < -0.39 is 24.5 Å². The highest BCUT2D eigenvalue weighted by atomic mass is 16.6. The molecule has 3 heterocycles. The van der Waals surface area contributed by atoms with Crippen molar-refractivity contribution in [3.63, 3.8) is 0 Å². The van der Waals surface area contributed by atoms with Crippen LogP contribution in [0.25, 0.3) is 11.2 Å². The van der Waals surface area contributed by atoms with Crippen LogP contribution in [0.1, 0.15) is 96.1 Å². The summed E-state index contributed by atoms with van der Waals surface area (Å²) < 4.78 is 18.2. The molecule has 12 heteroatoms. The van der Waals surface area contributed by atoms with Gasteiger partial charge in [-0.15, -0.1) is 0 Å².